The molecule has 1 saturated carbocycles. The summed E-state index contributed by atoms with van der Waals surface area (Å²) in [5.74, 6) is 2.32. The standard InChI is InChI=1S/C8H14N2.ClH/c1-5-3-7(9)10-8(2)4-6(5)8;/h5-6H,3-4H2,1-2H3,(H2,9,10);1H. The Labute approximate surface area is 73.7 Å². The molecular formula is C8H15ClN2. The van der Waals surface area contributed by atoms with E-state index in [4.69, 9.17) is 5.41 Å². The van der Waals surface area contributed by atoms with Crippen LogP contribution in [-0.2, 0) is 0 Å². The van der Waals surface area contributed by atoms with Crippen LogP contribution in [0.25, 0.3) is 0 Å². The van der Waals surface area contributed by atoms with Crippen molar-refractivity contribution in [2.75, 3.05) is 0 Å². The fraction of sp³-hybridized carbons (Fsp3) is 0.875. The molecule has 2 rings (SSSR count). The van der Waals surface area contributed by atoms with Gasteiger partial charge in [0.25, 0.3) is 0 Å². The molecule has 1 aliphatic carbocycles. The molecule has 2 fully saturated rings. The summed E-state index contributed by atoms with van der Waals surface area (Å²) in [6.07, 6.45) is 2.23. The summed E-state index contributed by atoms with van der Waals surface area (Å²) in [7, 11) is 0. The molecule has 3 heteroatoms. The molecule has 1 saturated heterocycles. The van der Waals surface area contributed by atoms with Gasteiger partial charge < -0.3 is 5.32 Å². The molecule has 2 N–H and O–H groups in total. The molecule has 3 atom stereocenters. The minimum Gasteiger partial charge on any atom is -0.369 e. The van der Waals surface area contributed by atoms with Crippen molar-refractivity contribution < 1.29 is 0 Å². The molecule has 2 aliphatic rings. The Morgan fingerprint density at radius 2 is 2.27 bits per heavy atom. The molecule has 0 bridgehead atoms. The molecule has 0 spiro atoms. The maximum atomic E-state index is 7.49. The van der Waals surface area contributed by atoms with Crippen LogP contribution in [0.2, 0.25) is 0 Å². The van der Waals surface area contributed by atoms with Crippen LogP contribution in [0.3, 0.4) is 0 Å². The summed E-state index contributed by atoms with van der Waals surface area (Å²) < 4.78 is 0. The summed E-state index contributed by atoms with van der Waals surface area (Å²) in [5, 5.41) is 10.7. The van der Waals surface area contributed by atoms with Crippen molar-refractivity contribution in [1.82, 2.24) is 5.32 Å². The average Bonchev–Trinajstić information content (AvgIpc) is 2.39. The molecule has 0 aromatic heterocycles. The van der Waals surface area contributed by atoms with Crippen LogP contribution < -0.4 is 5.32 Å². The van der Waals surface area contributed by atoms with Crippen LogP contribution in [0, 0.1) is 17.2 Å². The van der Waals surface area contributed by atoms with Gasteiger partial charge in [-0.25, -0.2) is 0 Å². The zero-order valence-corrected chi connectivity index (χ0v) is 7.79. The van der Waals surface area contributed by atoms with E-state index in [2.05, 4.69) is 19.2 Å². The van der Waals surface area contributed by atoms with Gasteiger partial charge in [-0.2, -0.15) is 0 Å². The van der Waals surface area contributed by atoms with E-state index in [-0.39, 0.29) is 12.4 Å². The Balaban J connectivity index is 0.000000605. The van der Waals surface area contributed by atoms with E-state index in [1.54, 1.807) is 0 Å². The van der Waals surface area contributed by atoms with Gasteiger partial charge in [-0.1, -0.05) is 6.92 Å². The number of rotatable bonds is 0. The van der Waals surface area contributed by atoms with E-state index >= 15 is 0 Å². The molecule has 2 nitrogen and oxygen atoms in total. The van der Waals surface area contributed by atoms with E-state index < -0.39 is 0 Å². The SMILES string of the molecule is CC1CC(=N)NC2(C)CC12.Cl. The predicted octanol–water partition coefficient (Wildman–Crippen LogP) is 1.79. The van der Waals surface area contributed by atoms with E-state index in [1.807, 2.05) is 0 Å². The third kappa shape index (κ3) is 1.24. The van der Waals surface area contributed by atoms with Gasteiger partial charge in [0.1, 0.15) is 0 Å². The first-order valence-corrected chi connectivity index (χ1v) is 3.97. The molecule has 0 radical (unpaired) electrons. The predicted molar refractivity (Wildman–Crippen MR) is 48.4 cm³/mol. The molecule has 0 amide bonds. The van der Waals surface area contributed by atoms with Gasteiger partial charge in [-0.3, -0.25) is 5.41 Å². The number of nitrogens with one attached hydrogen (secondary N) is 2. The highest BCUT2D eigenvalue weighted by molar-refractivity contribution is 5.85. The Morgan fingerprint density at radius 3 is 2.82 bits per heavy atom. The summed E-state index contributed by atoms with van der Waals surface area (Å²) in [6, 6.07) is 0. The summed E-state index contributed by atoms with van der Waals surface area (Å²) in [5.41, 5.74) is 0.314. The molecule has 1 aliphatic heterocycles. The topological polar surface area (TPSA) is 35.9 Å². The minimum atomic E-state index is 0. The van der Waals surface area contributed by atoms with Crippen LogP contribution >= 0.6 is 12.4 Å². The third-order valence-corrected chi connectivity index (χ3v) is 2.95. The first-order valence-electron chi connectivity index (χ1n) is 3.97. The second-order valence-electron chi connectivity index (χ2n) is 4.01. The lowest BCUT2D eigenvalue weighted by Crippen LogP contribution is -2.41. The lowest BCUT2D eigenvalue weighted by Gasteiger charge is -2.25. The van der Waals surface area contributed by atoms with Gasteiger partial charge in [0.2, 0.25) is 0 Å². The second-order valence-corrected chi connectivity index (χ2v) is 4.01. The van der Waals surface area contributed by atoms with Crippen LogP contribution in [0.1, 0.15) is 26.7 Å². The molecule has 0 aromatic carbocycles. The van der Waals surface area contributed by atoms with Gasteiger partial charge in [0.05, 0.1) is 5.84 Å². The van der Waals surface area contributed by atoms with Crippen LogP contribution in [0.15, 0.2) is 0 Å². The number of amidine groups is 1. The average molecular weight is 175 g/mol. The lowest BCUT2D eigenvalue weighted by atomic mass is 9.94. The number of piperidine rings is 1. The number of hydrogen-bond acceptors (Lipinski definition) is 1. The van der Waals surface area contributed by atoms with Crippen molar-refractivity contribution in [2.24, 2.45) is 11.8 Å². The fourth-order valence-corrected chi connectivity index (χ4v) is 2.23. The van der Waals surface area contributed by atoms with E-state index in [1.165, 1.54) is 6.42 Å². The van der Waals surface area contributed by atoms with Crippen molar-refractivity contribution in [3.05, 3.63) is 0 Å². The third-order valence-electron chi connectivity index (χ3n) is 2.95. The normalized spacial score (nSPS) is 46.9. The molecule has 1 heterocycles. The first-order chi connectivity index (χ1) is 4.62. The Hall–Kier alpha value is -0.240. The molecular weight excluding hydrogens is 160 g/mol. The van der Waals surface area contributed by atoms with Crippen molar-refractivity contribution in [3.8, 4) is 0 Å². The maximum absolute atomic E-state index is 7.49. The Kier molecular flexibility index (Phi) is 1.91. The molecule has 11 heavy (non-hydrogen) atoms. The second kappa shape index (κ2) is 2.37. The van der Waals surface area contributed by atoms with Gasteiger partial charge in [-0.05, 0) is 25.2 Å². The van der Waals surface area contributed by atoms with Crippen molar-refractivity contribution in [2.45, 2.75) is 32.2 Å². The number of halogens is 1. The van der Waals surface area contributed by atoms with Crippen LogP contribution in [-0.4, -0.2) is 11.4 Å². The van der Waals surface area contributed by atoms with Gasteiger partial charge in [0.15, 0.2) is 0 Å². The van der Waals surface area contributed by atoms with E-state index in [9.17, 15) is 0 Å². The van der Waals surface area contributed by atoms with Crippen LogP contribution in [0.4, 0.5) is 0 Å². The van der Waals surface area contributed by atoms with E-state index in [0.29, 0.717) is 5.54 Å². The molecule has 64 valence electrons. The summed E-state index contributed by atoms with van der Waals surface area (Å²) >= 11 is 0. The maximum Gasteiger partial charge on any atom is 0.0938 e. The van der Waals surface area contributed by atoms with Gasteiger partial charge in [0, 0.05) is 12.0 Å². The lowest BCUT2D eigenvalue weighted by molar-refractivity contribution is 0.413. The van der Waals surface area contributed by atoms with Crippen LogP contribution in [0.5, 0.6) is 0 Å². The highest BCUT2D eigenvalue weighted by Gasteiger charge is 2.55. The van der Waals surface area contributed by atoms with Gasteiger partial charge >= 0.3 is 0 Å². The number of fused-ring (bicyclic) bond motifs is 1. The molecule has 3 unspecified atom stereocenters. The van der Waals surface area contributed by atoms with Crippen molar-refractivity contribution >= 4 is 18.2 Å². The largest absolute Gasteiger partial charge is 0.369 e. The minimum absolute atomic E-state index is 0. The quantitative estimate of drug-likeness (QED) is 0.577. The highest BCUT2D eigenvalue weighted by atomic mass is 35.5. The summed E-state index contributed by atoms with van der Waals surface area (Å²) in [4.78, 5) is 0. The first kappa shape index (κ1) is 8.85. The smallest absolute Gasteiger partial charge is 0.0938 e. The fourth-order valence-electron chi connectivity index (χ4n) is 2.23. The monoisotopic (exact) mass is 174 g/mol. The Morgan fingerprint density at radius 1 is 1.64 bits per heavy atom. The Bertz CT molecular complexity index is 193. The molecule has 0 aromatic rings. The van der Waals surface area contributed by atoms with Crippen molar-refractivity contribution in [1.29, 1.82) is 5.41 Å². The van der Waals surface area contributed by atoms with Crippen molar-refractivity contribution in [3.63, 3.8) is 0 Å². The van der Waals surface area contributed by atoms with Gasteiger partial charge in [-0.15, -0.1) is 12.4 Å². The zero-order chi connectivity index (χ0) is 7.35. The summed E-state index contributed by atoms with van der Waals surface area (Å²) in [6.45, 7) is 4.48. The van der Waals surface area contributed by atoms with E-state index in [0.717, 1.165) is 24.1 Å². The number of hydrogen-bond donors (Lipinski definition) is 2. The highest BCUT2D eigenvalue weighted by Crippen LogP contribution is 2.51. The zero-order valence-electron chi connectivity index (χ0n) is 6.98.